The van der Waals surface area contributed by atoms with E-state index in [9.17, 15) is 5.11 Å². The van der Waals surface area contributed by atoms with Crippen LogP contribution in [0.25, 0.3) is 10.9 Å². The minimum absolute atomic E-state index is 0.115. The monoisotopic (exact) mass is 398 g/mol. The van der Waals surface area contributed by atoms with E-state index in [2.05, 4.69) is 0 Å². The fraction of sp³-hybridized carbons (Fsp3) is 0.222. The lowest BCUT2D eigenvalue weighted by atomic mass is 10.1. The van der Waals surface area contributed by atoms with Gasteiger partial charge in [0.05, 0.1) is 27.2 Å². The van der Waals surface area contributed by atoms with Gasteiger partial charge in [0.25, 0.3) is 0 Å². The fourth-order valence-corrected chi connectivity index (χ4v) is 3.36. The molecule has 25 heavy (non-hydrogen) atoms. The molecule has 1 aromatic heterocycles. The minimum Gasteiger partial charge on any atom is -0.439 e. The van der Waals surface area contributed by atoms with Crippen LogP contribution in [0.1, 0.15) is 5.56 Å². The number of aryl methyl sites for hydroxylation is 1. The zero-order chi connectivity index (χ0) is 18.1. The predicted molar refractivity (Wildman–Crippen MR) is 103 cm³/mol. The van der Waals surface area contributed by atoms with Gasteiger partial charge in [0.15, 0.2) is 0 Å². The molecule has 3 aromatic rings. The Morgan fingerprint density at radius 2 is 1.80 bits per heavy atom. The highest BCUT2D eigenvalue weighted by Gasteiger charge is 2.20. The Labute approximate surface area is 160 Å². The highest BCUT2D eigenvalue weighted by molar-refractivity contribution is 6.43. The molecule has 0 fully saturated rings. The van der Waals surface area contributed by atoms with E-state index in [0.29, 0.717) is 33.1 Å². The molecular weight excluding hydrogens is 383 g/mol. The van der Waals surface area contributed by atoms with Crippen LogP contribution < -0.4 is 10.5 Å². The lowest BCUT2D eigenvalue weighted by Crippen LogP contribution is -2.26. The normalized spacial score (nSPS) is 12.6. The molecule has 0 aliphatic carbocycles. The molecule has 3 rings (SSSR count). The number of nitrogens with two attached hydrogens (primary N) is 1. The number of hydrogen-bond acceptors (Lipinski definition) is 3. The van der Waals surface area contributed by atoms with Crippen molar-refractivity contribution in [1.29, 1.82) is 0 Å². The van der Waals surface area contributed by atoms with Gasteiger partial charge in [-0.3, -0.25) is 0 Å². The van der Waals surface area contributed by atoms with E-state index in [1.54, 1.807) is 12.1 Å². The van der Waals surface area contributed by atoms with Crippen LogP contribution in [0.5, 0.6) is 11.6 Å². The van der Waals surface area contributed by atoms with E-state index >= 15 is 0 Å². The van der Waals surface area contributed by atoms with Crippen LogP contribution in [0, 0.1) is 0 Å². The van der Waals surface area contributed by atoms with Crippen LogP contribution in [0.3, 0.4) is 0 Å². The fourth-order valence-electron chi connectivity index (χ4n) is 2.79. The minimum atomic E-state index is -0.391. The first-order valence-corrected chi connectivity index (χ1v) is 8.81. The molecule has 0 bridgehead atoms. The van der Waals surface area contributed by atoms with E-state index in [1.165, 1.54) is 0 Å². The Bertz CT molecular complexity index is 924. The third kappa shape index (κ3) is 3.59. The molecule has 0 aliphatic rings. The number of rotatable bonds is 5. The van der Waals surface area contributed by atoms with Crippen molar-refractivity contribution >= 4 is 45.7 Å². The summed E-state index contributed by atoms with van der Waals surface area (Å²) < 4.78 is 8.01. The summed E-state index contributed by atoms with van der Waals surface area (Å²) in [6.07, 6.45) is 0.464. The standard InChI is InChI=1S/C18H17Cl3N2O2/c1-23-16-5-3-2-4-11(16)12(6-10(22)9-24)18(23)25-17-8-14(20)13(19)7-15(17)21/h2-5,7-8,10,24H,6,9,22H2,1H3. The smallest absolute Gasteiger partial charge is 0.204 e. The van der Waals surface area contributed by atoms with Crippen LogP contribution in [0.15, 0.2) is 36.4 Å². The first-order valence-electron chi connectivity index (χ1n) is 7.67. The zero-order valence-electron chi connectivity index (χ0n) is 13.5. The average molecular weight is 400 g/mol. The van der Waals surface area contributed by atoms with Gasteiger partial charge in [0.1, 0.15) is 5.75 Å². The number of aliphatic hydroxyl groups is 1. The maximum absolute atomic E-state index is 9.34. The largest absolute Gasteiger partial charge is 0.439 e. The number of aromatic nitrogens is 1. The Balaban J connectivity index is 2.13. The summed E-state index contributed by atoms with van der Waals surface area (Å²) in [5, 5.41) is 11.4. The number of fused-ring (bicyclic) bond motifs is 1. The molecule has 0 radical (unpaired) electrons. The molecule has 132 valence electrons. The van der Waals surface area contributed by atoms with Gasteiger partial charge in [0.2, 0.25) is 5.88 Å². The van der Waals surface area contributed by atoms with E-state index in [4.69, 9.17) is 45.3 Å². The molecule has 0 saturated heterocycles. The van der Waals surface area contributed by atoms with Crippen molar-refractivity contribution < 1.29 is 9.84 Å². The van der Waals surface area contributed by atoms with Gasteiger partial charge in [-0.15, -0.1) is 0 Å². The van der Waals surface area contributed by atoms with E-state index in [0.717, 1.165) is 16.5 Å². The summed E-state index contributed by atoms with van der Waals surface area (Å²) in [6.45, 7) is -0.115. The Kier molecular flexibility index (Phi) is 5.46. The van der Waals surface area contributed by atoms with Crippen LogP contribution in [-0.2, 0) is 13.5 Å². The number of ether oxygens (including phenoxy) is 1. The molecule has 0 aliphatic heterocycles. The maximum Gasteiger partial charge on any atom is 0.204 e. The van der Waals surface area contributed by atoms with Crippen molar-refractivity contribution in [2.75, 3.05) is 6.61 Å². The summed E-state index contributed by atoms with van der Waals surface area (Å²) in [5.41, 5.74) is 7.86. The second-order valence-corrected chi connectivity index (χ2v) is 7.03. The van der Waals surface area contributed by atoms with Crippen molar-refractivity contribution in [1.82, 2.24) is 4.57 Å². The molecule has 1 heterocycles. The predicted octanol–water partition coefficient (Wildman–Crippen LogP) is 4.79. The topological polar surface area (TPSA) is 60.4 Å². The number of nitrogens with zero attached hydrogens (tertiary/aromatic N) is 1. The van der Waals surface area contributed by atoms with Gasteiger partial charge in [-0.2, -0.15) is 0 Å². The van der Waals surface area contributed by atoms with Crippen molar-refractivity contribution in [3.63, 3.8) is 0 Å². The second-order valence-electron chi connectivity index (χ2n) is 5.81. The van der Waals surface area contributed by atoms with Crippen LogP contribution in [-0.4, -0.2) is 22.3 Å². The van der Waals surface area contributed by atoms with E-state index < -0.39 is 6.04 Å². The molecule has 1 atom stereocenters. The van der Waals surface area contributed by atoms with Gasteiger partial charge < -0.3 is 20.1 Å². The van der Waals surface area contributed by atoms with Crippen LogP contribution >= 0.6 is 34.8 Å². The molecular formula is C18H17Cl3N2O2. The number of hydrogen-bond donors (Lipinski definition) is 2. The molecule has 1 unspecified atom stereocenters. The van der Waals surface area contributed by atoms with Gasteiger partial charge in [-0.1, -0.05) is 53.0 Å². The van der Waals surface area contributed by atoms with Gasteiger partial charge in [-0.25, -0.2) is 0 Å². The zero-order valence-corrected chi connectivity index (χ0v) is 15.7. The Morgan fingerprint density at radius 3 is 2.52 bits per heavy atom. The number of aliphatic hydroxyl groups excluding tert-OH is 1. The Morgan fingerprint density at radius 1 is 1.12 bits per heavy atom. The molecule has 0 amide bonds. The van der Waals surface area contributed by atoms with Gasteiger partial charge in [-0.05, 0) is 18.6 Å². The van der Waals surface area contributed by atoms with Crippen molar-refractivity contribution in [2.24, 2.45) is 12.8 Å². The van der Waals surface area contributed by atoms with Crippen LogP contribution in [0.2, 0.25) is 15.1 Å². The summed E-state index contributed by atoms with van der Waals surface area (Å²) in [5.74, 6) is 1.01. The van der Waals surface area contributed by atoms with Gasteiger partial charge in [0, 0.05) is 30.1 Å². The van der Waals surface area contributed by atoms with Gasteiger partial charge >= 0.3 is 0 Å². The molecule has 4 nitrogen and oxygen atoms in total. The van der Waals surface area contributed by atoms with Crippen molar-refractivity contribution in [2.45, 2.75) is 12.5 Å². The first-order chi connectivity index (χ1) is 11.9. The number of benzene rings is 2. The SMILES string of the molecule is Cn1c(Oc2cc(Cl)c(Cl)cc2Cl)c(CC(N)CO)c2ccccc21. The summed E-state index contributed by atoms with van der Waals surface area (Å²) in [6, 6.07) is 10.6. The lowest BCUT2D eigenvalue weighted by molar-refractivity contribution is 0.264. The second kappa shape index (κ2) is 7.44. The molecule has 3 N–H and O–H groups in total. The molecule has 0 saturated carbocycles. The first kappa shape index (κ1) is 18.4. The summed E-state index contributed by atoms with van der Waals surface area (Å²) in [4.78, 5) is 0. The van der Waals surface area contributed by atoms with Crippen molar-refractivity contribution in [3.05, 3.63) is 57.0 Å². The maximum atomic E-state index is 9.34. The molecule has 7 heteroatoms. The highest BCUT2D eigenvalue weighted by Crippen LogP contribution is 2.40. The number of halogens is 3. The average Bonchev–Trinajstić information content (AvgIpc) is 2.85. The lowest BCUT2D eigenvalue weighted by Gasteiger charge is -2.14. The highest BCUT2D eigenvalue weighted by atomic mass is 35.5. The van der Waals surface area contributed by atoms with E-state index in [1.807, 2.05) is 35.9 Å². The van der Waals surface area contributed by atoms with Crippen molar-refractivity contribution in [3.8, 4) is 11.6 Å². The quantitative estimate of drug-likeness (QED) is 0.606. The third-order valence-corrected chi connectivity index (χ3v) is 5.05. The number of para-hydroxylation sites is 1. The van der Waals surface area contributed by atoms with E-state index in [-0.39, 0.29) is 6.61 Å². The Hall–Kier alpha value is -1.43. The molecule has 0 spiro atoms. The van der Waals surface area contributed by atoms with Crippen LogP contribution in [0.4, 0.5) is 0 Å². The molecule has 2 aromatic carbocycles. The summed E-state index contributed by atoms with van der Waals surface area (Å²) in [7, 11) is 1.90. The third-order valence-electron chi connectivity index (χ3n) is 4.04. The summed E-state index contributed by atoms with van der Waals surface area (Å²) >= 11 is 18.3.